The minimum absolute atomic E-state index is 0.0217. The van der Waals surface area contributed by atoms with E-state index in [1.807, 2.05) is 22.9 Å². The zero-order chi connectivity index (χ0) is 32.1. The lowest BCUT2D eigenvalue weighted by molar-refractivity contribution is -0.153. The van der Waals surface area contributed by atoms with Gasteiger partial charge in [-0.1, -0.05) is 39.2 Å². The van der Waals surface area contributed by atoms with Crippen LogP contribution in [-0.4, -0.2) is 90.5 Å². The molecule has 2 saturated carbocycles. The van der Waals surface area contributed by atoms with E-state index < -0.39 is 12.1 Å². The number of likely N-dealkylation sites (tertiary alicyclic amines) is 2. The molecule has 1 aromatic carbocycles. The summed E-state index contributed by atoms with van der Waals surface area (Å²) in [6.45, 7) is 10.8. The fourth-order valence-corrected chi connectivity index (χ4v) is 8.84. The SMILES string of the molecule is C[C@@H](OCC1CCCCC1)[C@H](NC(=O)[C@@H]1CN(c2cccc3[nH]ccc23)CC12CN(C(=O)[C@H]1CC1(C)C)C2)C(=O)N1CCCCC1. The summed E-state index contributed by atoms with van der Waals surface area (Å²) in [4.78, 5) is 51.5. The summed E-state index contributed by atoms with van der Waals surface area (Å²) in [5.74, 6) is 0.369. The first-order chi connectivity index (χ1) is 22.1. The van der Waals surface area contributed by atoms with E-state index in [4.69, 9.17) is 4.74 Å². The van der Waals surface area contributed by atoms with Gasteiger partial charge in [-0.25, -0.2) is 0 Å². The first-order valence-electron chi connectivity index (χ1n) is 18.0. The predicted molar refractivity (Wildman–Crippen MR) is 179 cm³/mol. The zero-order valence-corrected chi connectivity index (χ0v) is 28.1. The van der Waals surface area contributed by atoms with Gasteiger partial charge in [0, 0.05) is 80.0 Å². The smallest absolute Gasteiger partial charge is 0.247 e. The Hall–Kier alpha value is -3.07. The second-order valence-electron chi connectivity index (χ2n) is 15.9. The van der Waals surface area contributed by atoms with E-state index in [1.165, 1.54) is 32.1 Å². The molecule has 9 nitrogen and oxygen atoms in total. The fourth-order valence-electron chi connectivity index (χ4n) is 8.84. The van der Waals surface area contributed by atoms with Crippen LogP contribution < -0.4 is 10.2 Å². The molecular formula is C37H53N5O4. The Kier molecular flexibility index (Phi) is 8.57. The molecule has 2 aromatic rings. The van der Waals surface area contributed by atoms with E-state index in [2.05, 4.69) is 53.3 Å². The zero-order valence-electron chi connectivity index (χ0n) is 28.1. The molecule has 5 aliphatic rings. The third-order valence-corrected chi connectivity index (χ3v) is 12.0. The van der Waals surface area contributed by atoms with E-state index >= 15 is 0 Å². The van der Waals surface area contributed by atoms with Gasteiger partial charge in [-0.05, 0) is 75.0 Å². The maximum Gasteiger partial charge on any atom is 0.247 e. The summed E-state index contributed by atoms with van der Waals surface area (Å²) in [5.41, 5.74) is 1.88. The van der Waals surface area contributed by atoms with E-state index in [0.717, 1.165) is 55.4 Å². The Bertz CT molecular complexity index is 1430. The normalized spacial score (nSPS) is 27.0. The highest BCUT2D eigenvalue weighted by Crippen LogP contribution is 2.55. The number of hydrogen-bond donors (Lipinski definition) is 2. The van der Waals surface area contributed by atoms with Crippen LogP contribution in [0.25, 0.3) is 10.9 Å². The molecular weight excluding hydrogens is 578 g/mol. The van der Waals surface area contributed by atoms with Crippen LogP contribution in [0.5, 0.6) is 0 Å². The van der Waals surface area contributed by atoms with Crippen LogP contribution in [-0.2, 0) is 19.1 Å². The summed E-state index contributed by atoms with van der Waals surface area (Å²) >= 11 is 0. The maximum absolute atomic E-state index is 14.5. The number of rotatable bonds is 9. The summed E-state index contributed by atoms with van der Waals surface area (Å²) in [7, 11) is 0. The van der Waals surface area contributed by atoms with Crippen molar-refractivity contribution in [1.29, 1.82) is 0 Å². The van der Waals surface area contributed by atoms with Crippen LogP contribution in [0.2, 0.25) is 0 Å². The molecule has 1 spiro atoms. The van der Waals surface area contributed by atoms with Gasteiger partial charge in [-0.2, -0.15) is 0 Å². The van der Waals surface area contributed by atoms with Crippen molar-refractivity contribution in [1.82, 2.24) is 20.1 Å². The number of anilines is 1. The van der Waals surface area contributed by atoms with E-state index in [1.54, 1.807) is 0 Å². The van der Waals surface area contributed by atoms with Gasteiger partial charge in [0.1, 0.15) is 6.04 Å². The van der Waals surface area contributed by atoms with Gasteiger partial charge in [-0.15, -0.1) is 0 Å². The number of benzene rings is 1. The topological polar surface area (TPSA) is 98.0 Å². The molecule has 250 valence electrons. The molecule has 1 aromatic heterocycles. The third kappa shape index (κ3) is 6.04. The molecule has 3 aliphatic heterocycles. The molecule has 5 fully saturated rings. The Balaban J connectivity index is 1.12. The highest BCUT2D eigenvalue weighted by atomic mass is 16.5. The average Bonchev–Trinajstić information content (AvgIpc) is 3.38. The Labute approximate surface area is 273 Å². The number of H-pyrrole nitrogens is 1. The number of fused-ring (bicyclic) bond motifs is 1. The summed E-state index contributed by atoms with van der Waals surface area (Å²) in [5, 5.41) is 4.40. The average molecular weight is 632 g/mol. The Morgan fingerprint density at radius 1 is 0.957 bits per heavy atom. The van der Waals surface area contributed by atoms with Gasteiger partial charge in [0.2, 0.25) is 17.7 Å². The lowest BCUT2D eigenvalue weighted by Crippen LogP contribution is -2.65. The monoisotopic (exact) mass is 631 g/mol. The number of nitrogens with zero attached hydrogens (tertiary/aromatic N) is 3. The summed E-state index contributed by atoms with van der Waals surface area (Å²) in [6.07, 6.45) is 11.7. The van der Waals surface area contributed by atoms with Crippen molar-refractivity contribution < 1.29 is 19.1 Å². The molecule has 2 N–H and O–H groups in total. The highest BCUT2D eigenvalue weighted by molar-refractivity contribution is 5.94. The minimum atomic E-state index is -0.724. The molecule has 46 heavy (non-hydrogen) atoms. The van der Waals surface area contributed by atoms with Crippen LogP contribution in [0.3, 0.4) is 0 Å². The Morgan fingerprint density at radius 3 is 2.39 bits per heavy atom. The molecule has 3 amide bonds. The van der Waals surface area contributed by atoms with Crippen LogP contribution in [0.4, 0.5) is 5.69 Å². The van der Waals surface area contributed by atoms with Gasteiger partial charge in [0.15, 0.2) is 0 Å². The fraction of sp³-hybridized carbons (Fsp3) is 0.703. The number of nitrogens with one attached hydrogen (secondary N) is 2. The van der Waals surface area contributed by atoms with Gasteiger partial charge in [0.05, 0.1) is 12.0 Å². The van der Waals surface area contributed by atoms with Crippen molar-refractivity contribution in [2.45, 2.75) is 90.7 Å². The molecule has 4 heterocycles. The number of piperidine rings is 1. The van der Waals surface area contributed by atoms with E-state index in [9.17, 15) is 14.4 Å². The summed E-state index contributed by atoms with van der Waals surface area (Å²) in [6, 6.07) is 7.62. The Morgan fingerprint density at radius 2 is 1.67 bits per heavy atom. The number of carbonyl (C=O) groups excluding carboxylic acids is 3. The number of aromatic amines is 1. The van der Waals surface area contributed by atoms with Crippen molar-refractivity contribution in [2.24, 2.45) is 28.6 Å². The molecule has 9 heteroatoms. The molecule has 7 rings (SSSR count). The van der Waals surface area contributed by atoms with Crippen LogP contribution in [0.1, 0.15) is 78.6 Å². The second-order valence-corrected chi connectivity index (χ2v) is 15.9. The van der Waals surface area contributed by atoms with Gasteiger partial charge in [-0.3, -0.25) is 14.4 Å². The first kappa shape index (κ1) is 31.5. The lowest BCUT2D eigenvalue weighted by atomic mass is 9.70. The molecule has 2 aliphatic carbocycles. The molecule has 0 bridgehead atoms. The standard InChI is InChI=1S/C37H53N5O4/c1-25(46-21-26-11-6-4-7-12-26)32(35(45)40-17-8-5-9-18-40)39-33(43)29-20-41(31-14-10-13-30-27(31)15-16-38-30)22-37(29)23-42(24-37)34(44)28-19-36(28,2)3/h10,13-16,25-26,28-29,32,38H,4-9,11-12,17-24H2,1-3H3,(H,39,43)/t25-,28-,29+,32+/m1/s1. The number of hydrogen-bond acceptors (Lipinski definition) is 5. The van der Waals surface area contributed by atoms with Crippen LogP contribution >= 0.6 is 0 Å². The van der Waals surface area contributed by atoms with Gasteiger partial charge >= 0.3 is 0 Å². The number of aromatic nitrogens is 1. The highest BCUT2D eigenvalue weighted by Gasteiger charge is 2.61. The van der Waals surface area contributed by atoms with Crippen LogP contribution in [0, 0.1) is 28.6 Å². The van der Waals surface area contributed by atoms with Crippen molar-refractivity contribution >= 4 is 34.3 Å². The van der Waals surface area contributed by atoms with E-state index in [0.29, 0.717) is 38.7 Å². The molecule has 3 saturated heterocycles. The van der Waals surface area contributed by atoms with Crippen molar-refractivity contribution in [2.75, 3.05) is 50.8 Å². The van der Waals surface area contributed by atoms with Gasteiger partial charge in [0.25, 0.3) is 0 Å². The largest absolute Gasteiger partial charge is 0.376 e. The van der Waals surface area contributed by atoms with Crippen molar-refractivity contribution in [3.05, 3.63) is 30.5 Å². The van der Waals surface area contributed by atoms with Crippen molar-refractivity contribution in [3.63, 3.8) is 0 Å². The first-order valence-corrected chi connectivity index (χ1v) is 18.0. The summed E-state index contributed by atoms with van der Waals surface area (Å²) < 4.78 is 6.41. The number of ether oxygens (including phenoxy) is 1. The molecule has 0 radical (unpaired) electrons. The van der Waals surface area contributed by atoms with E-state index in [-0.39, 0.29) is 40.4 Å². The lowest BCUT2D eigenvalue weighted by Gasteiger charge is -2.51. The third-order valence-electron chi connectivity index (χ3n) is 12.0. The minimum Gasteiger partial charge on any atom is -0.376 e. The second kappa shape index (κ2) is 12.5. The number of amides is 3. The number of carbonyl (C=O) groups is 3. The predicted octanol–water partition coefficient (Wildman–Crippen LogP) is 4.96. The molecule has 4 atom stereocenters. The quantitative estimate of drug-likeness (QED) is 0.408. The van der Waals surface area contributed by atoms with Crippen molar-refractivity contribution in [3.8, 4) is 0 Å². The van der Waals surface area contributed by atoms with Gasteiger partial charge < -0.3 is 29.7 Å². The maximum atomic E-state index is 14.5. The van der Waals surface area contributed by atoms with Crippen LogP contribution in [0.15, 0.2) is 30.5 Å². The molecule has 0 unspecified atom stereocenters.